The molecule has 2 aromatic carbocycles. The van der Waals surface area contributed by atoms with E-state index in [0.29, 0.717) is 22.5 Å². The first-order valence-corrected chi connectivity index (χ1v) is 8.50. The van der Waals surface area contributed by atoms with Gasteiger partial charge in [-0.2, -0.15) is 0 Å². The Hall–Kier alpha value is -2.45. The zero-order chi connectivity index (χ0) is 18.0. The largest absolute Gasteiger partial charge is 0.302 e. The summed E-state index contributed by atoms with van der Waals surface area (Å²) >= 11 is 7.09. The van der Waals surface area contributed by atoms with Crippen molar-refractivity contribution in [1.29, 1.82) is 0 Å². The zero-order valence-electron chi connectivity index (χ0n) is 13.0. The van der Waals surface area contributed by atoms with Crippen molar-refractivity contribution < 1.29 is 9.31 Å². The minimum absolute atomic E-state index is 0.241. The summed E-state index contributed by atoms with van der Waals surface area (Å²) in [5, 5.41) is 20.1. The van der Waals surface area contributed by atoms with Gasteiger partial charge in [0.1, 0.15) is 5.82 Å². The highest BCUT2D eigenvalue weighted by Crippen LogP contribution is 2.33. The topological polar surface area (TPSA) is 73.8 Å². The number of nitrogens with zero attached hydrogens (tertiary/aromatic N) is 4. The minimum atomic E-state index is -0.672. The first-order valence-electron chi connectivity index (χ1n) is 7.30. The van der Waals surface area contributed by atoms with Crippen LogP contribution in [0.15, 0.2) is 52.5 Å². The Morgan fingerprint density at radius 3 is 2.72 bits per heavy atom. The predicted octanol–water partition coefficient (Wildman–Crippen LogP) is 4.82. The lowest BCUT2D eigenvalue weighted by Gasteiger charge is -2.08. The van der Waals surface area contributed by atoms with Gasteiger partial charge in [0.25, 0.3) is 5.69 Å². The highest BCUT2D eigenvalue weighted by molar-refractivity contribution is 7.99. The van der Waals surface area contributed by atoms with Crippen molar-refractivity contribution in [3.8, 4) is 11.4 Å². The van der Waals surface area contributed by atoms with Crippen LogP contribution in [0.5, 0.6) is 0 Å². The molecule has 0 bridgehead atoms. The van der Waals surface area contributed by atoms with Crippen LogP contribution in [0.25, 0.3) is 11.4 Å². The van der Waals surface area contributed by atoms with Crippen LogP contribution in [-0.4, -0.2) is 19.7 Å². The molecule has 0 atom stereocenters. The smallest absolute Gasteiger partial charge is 0.272 e. The molecule has 0 saturated carbocycles. The predicted molar refractivity (Wildman–Crippen MR) is 93.3 cm³/mol. The number of nitro benzene ring substituents is 1. The summed E-state index contributed by atoms with van der Waals surface area (Å²) in [6, 6.07) is 10.7. The van der Waals surface area contributed by atoms with Crippen LogP contribution in [0, 0.1) is 15.9 Å². The van der Waals surface area contributed by atoms with E-state index in [9.17, 15) is 14.5 Å². The van der Waals surface area contributed by atoms with Crippen molar-refractivity contribution in [2.75, 3.05) is 0 Å². The molecule has 9 heteroatoms. The van der Waals surface area contributed by atoms with Gasteiger partial charge in [-0.25, -0.2) is 4.39 Å². The highest BCUT2D eigenvalue weighted by atomic mass is 35.5. The SMILES string of the molecule is CCn1c(Sc2ccc([N+](=O)[O-])cc2F)nnc1-c1cccc(Cl)c1. The van der Waals surface area contributed by atoms with Crippen LogP contribution in [0.4, 0.5) is 10.1 Å². The molecule has 3 aromatic rings. The molecular formula is C16H12ClFN4O2S. The van der Waals surface area contributed by atoms with Gasteiger partial charge in [-0.3, -0.25) is 10.1 Å². The Balaban J connectivity index is 1.95. The van der Waals surface area contributed by atoms with Crippen LogP contribution in [0.3, 0.4) is 0 Å². The lowest BCUT2D eigenvalue weighted by Crippen LogP contribution is -2.00. The van der Waals surface area contributed by atoms with Crippen LogP contribution in [0.1, 0.15) is 6.92 Å². The number of aromatic nitrogens is 3. The number of non-ortho nitro benzene ring substituents is 1. The van der Waals surface area contributed by atoms with E-state index in [1.165, 1.54) is 12.1 Å². The van der Waals surface area contributed by atoms with Crippen molar-refractivity contribution in [3.05, 3.63) is 63.4 Å². The normalized spacial score (nSPS) is 10.8. The molecule has 6 nitrogen and oxygen atoms in total. The summed E-state index contributed by atoms with van der Waals surface area (Å²) < 4.78 is 15.9. The van der Waals surface area contributed by atoms with E-state index >= 15 is 0 Å². The molecule has 0 saturated heterocycles. The first-order chi connectivity index (χ1) is 12.0. The molecule has 0 aliphatic carbocycles. The maximum absolute atomic E-state index is 14.1. The van der Waals surface area contributed by atoms with Gasteiger partial charge in [0.05, 0.1) is 15.9 Å². The fraction of sp³-hybridized carbons (Fsp3) is 0.125. The van der Waals surface area contributed by atoms with Crippen molar-refractivity contribution in [2.24, 2.45) is 0 Å². The molecule has 128 valence electrons. The average molecular weight is 379 g/mol. The quantitative estimate of drug-likeness (QED) is 0.470. The van der Waals surface area contributed by atoms with Crippen molar-refractivity contribution >= 4 is 29.1 Å². The second-order valence-electron chi connectivity index (χ2n) is 5.03. The molecule has 0 aliphatic heterocycles. The van der Waals surface area contributed by atoms with E-state index in [1.807, 2.05) is 23.6 Å². The van der Waals surface area contributed by atoms with E-state index in [4.69, 9.17) is 11.6 Å². The molecule has 0 fully saturated rings. The van der Waals surface area contributed by atoms with Gasteiger partial charge in [0.2, 0.25) is 0 Å². The van der Waals surface area contributed by atoms with Crippen molar-refractivity contribution in [3.63, 3.8) is 0 Å². The molecule has 1 heterocycles. The molecule has 0 spiro atoms. The Bertz CT molecular complexity index is 948. The molecular weight excluding hydrogens is 367 g/mol. The molecule has 0 amide bonds. The fourth-order valence-corrected chi connectivity index (χ4v) is 3.36. The van der Waals surface area contributed by atoms with Crippen LogP contribution >= 0.6 is 23.4 Å². The Morgan fingerprint density at radius 2 is 2.08 bits per heavy atom. The number of halogens is 2. The summed E-state index contributed by atoms with van der Waals surface area (Å²) in [5.41, 5.74) is 0.510. The minimum Gasteiger partial charge on any atom is -0.302 e. The number of rotatable bonds is 5. The van der Waals surface area contributed by atoms with E-state index in [-0.39, 0.29) is 10.6 Å². The Kier molecular flexibility index (Phi) is 5.00. The Morgan fingerprint density at radius 1 is 1.28 bits per heavy atom. The molecule has 3 rings (SSSR count). The number of nitro groups is 1. The number of hydrogen-bond acceptors (Lipinski definition) is 5. The summed E-state index contributed by atoms with van der Waals surface area (Å²) in [5.74, 6) is -0.0519. The average Bonchev–Trinajstić information content (AvgIpc) is 2.99. The summed E-state index contributed by atoms with van der Waals surface area (Å²) in [7, 11) is 0. The third kappa shape index (κ3) is 3.64. The monoisotopic (exact) mass is 378 g/mol. The van der Waals surface area contributed by atoms with E-state index in [2.05, 4.69) is 10.2 Å². The molecule has 0 unspecified atom stereocenters. The molecule has 1 aromatic heterocycles. The van der Waals surface area contributed by atoms with E-state index in [0.717, 1.165) is 23.4 Å². The zero-order valence-corrected chi connectivity index (χ0v) is 14.6. The summed E-state index contributed by atoms with van der Waals surface area (Å²) in [6.07, 6.45) is 0. The van der Waals surface area contributed by atoms with Gasteiger partial charge in [-0.05, 0) is 36.9 Å². The van der Waals surface area contributed by atoms with Gasteiger partial charge < -0.3 is 4.57 Å². The maximum atomic E-state index is 14.1. The van der Waals surface area contributed by atoms with Crippen LogP contribution in [0.2, 0.25) is 5.02 Å². The standard InChI is InChI=1S/C16H12ClFN4O2S/c1-2-21-15(10-4-3-5-11(17)8-10)19-20-16(21)25-14-7-6-12(22(23)24)9-13(14)18/h3-9H,2H2,1H3. The molecule has 0 N–H and O–H groups in total. The fourth-order valence-electron chi connectivity index (χ4n) is 2.27. The highest BCUT2D eigenvalue weighted by Gasteiger charge is 2.17. The van der Waals surface area contributed by atoms with Gasteiger partial charge in [-0.1, -0.05) is 23.7 Å². The lowest BCUT2D eigenvalue weighted by molar-refractivity contribution is -0.385. The van der Waals surface area contributed by atoms with Crippen LogP contribution < -0.4 is 0 Å². The number of hydrogen-bond donors (Lipinski definition) is 0. The Labute approximate surface area is 151 Å². The summed E-state index contributed by atoms with van der Waals surface area (Å²) in [4.78, 5) is 10.3. The van der Waals surface area contributed by atoms with Crippen molar-refractivity contribution in [1.82, 2.24) is 14.8 Å². The lowest BCUT2D eigenvalue weighted by atomic mass is 10.2. The van der Waals surface area contributed by atoms with Gasteiger partial charge in [0, 0.05) is 23.2 Å². The summed E-state index contributed by atoms with van der Waals surface area (Å²) in [6.45, 7) is 2.50. The third-order valence-corrected chi connectivity index (χ3v) is 4.71. The van der Waals surface area contributed by atoms with Gasteiger partial charge in [0.15, 0.2) is 11.0 Å². The molecule has 0 aliphatic rings. The van der Waals surface area contributed by atoms with Crippen LogP contribution in [-0.2, 0) is 6.54 Å². The second kappa shape index (κ2) is 7.20. The van der Waals surface area contributed by atoms with E-state index in [1.54, 1.807) is 12.1 Å². The first kappa shape index (κ1) is 17.4. The molecule has 0 radical (unpaired) electrons. The third-order valence-electron chi connectivity index (χ3n) is 3.44. The number of benzene rings is 2. The van der Waals surface area contributed by atoms with Gasteiger partial charge in [-0.15, -0.1) is 10.2 Å². The molecule has 25 heavy (non-hydrogen) atoms. The van der Waals surface area contributed by atoms with Gasteiger partial charge >= 0.3 is 0 Å². The van der Waals surface area contributed by atoms with Crippen molar-refractivity contribution in [2.45, 2.75) is 23.5 Å². The van der Waals surface area contributed by atoms with E-state index < -0.39 is 10.7 Å². The second-order valence-corrected chi connectivity index (χ2v) is 6.48. The maximum Gasteiger partial charge on any atom is 0.272 e.